The van der Waals surface area contributed by atoms with Gasteiger partial charge in [0.15, 0.2) is 0 Å². The summed E-state index contributed by atoms with van der Waals surface area (Å²) in [7, 11) is 0. The highest BCUT2D eigenvalue weighted by molar-refractivity contribution is 5.89. The normalized spacial score (nSPS) is 24.5. The van der Waals surface area contributed by atoms with Gasteiger partial charge in [0.2, 0.25) is 11.8 Å². The number of aliphatic hydroxyl groups excluding tert-OH is 1. The van der Waals surface area contributed by atoms with Crippen LogP contribution in [0.5, 0.6) is 0 Å². The third-order valence-electron chi connectivity index (χ3n) is 2.48. The molecule has 6 heteroatoms. The van der Waals surface area contributed by atoms with Gasteiger partial charge in [-0.25, -0.2) is 0 Å². The van der Waals surface area contributed by atoms with Crippen molar-refractivity contribution in [1.29, 1.82) is 0 Å². The van der Waals surface area contributed by atoms with Crippen LogP contribution in [0.3, 0.4) is 0 Å². The van der Waals surface area contributed by atoms with Gasteiger partial charge in [-0.3, -0.25) is 9.59 Å². The van der Waals surface area contributed by atoms with Crippen LogP contribution in [0.15, 0.2) is 0 Å². The number of aliphatic hydroxyl groups is 1. The topological polar surface area (TPSA) is 104 Å². The Labute approximate surface area is 88.2 Å². The molecule has 1 saturated heterocycles. The van der Waals surface area contributed by atoms with Crippen LogP contribution < -0.4 is 16.4 Å². The Morgan fingerprint density at radius 2 is 2.47 bits per heavy atom. The van der Waals surface area contributed by atoms with Crippen LogP contribution in [-0.4, -0.2) is 42.2 Å². The smallest absolute Gasteiger partial charge is 0.225 e. The fraction of sp³-hybridized carbons (Fsp3) is 0.778. The molecule has 1 rings (SSSR count). The molecular weight excluding hydrogens is 198 g/mol. The molecule has 1 aliphatic heterocycles. The first-order chi connectivity index (χ1) is 7.00. The number of hydrogen-bond donors (Lipinski definition) is 4. The van der Waals surface area contributed by atoms with E-state index in [0.717, 1.165) is 0 Å². The van der Waals surface area contributed by atoms with Gasteiger partial charge in [-0.15, -0.1) is 0 Å². The van der Waals surface area contributed by atoms with Gasteiger partial charge in [0.05, 0.1) is 12.0 Å². The number of hydrogen-bond acceptors (Lipinski definition) is 4. The van der Waals surface area contributed by atoms with Gasteiger partial charge in [0.1, 0.15) is 0 Å². The average Bonchev–Trinajstić information content (AvgIpc) is 2.60. The molecule has 0 bridgehead atoms. The molecule has 1 fully saturated rings. The van der Waals surface area contributed by atoms with E-state index in [0.29, 0.717) is 6.54 Å². The molecule has 0 radical (unpaired) electrons. The maximum Gasteiger partial charge on any atom is 0.225 e. The number of amides is 2. The Hall–Kier alpha value is -1.14. The van der Waals surface area contributed by atoms with Crippen LogP contribution in [0.4, 0.5) is 0 Å². The Balaban J connectivity index is 2.27. The summed E-state index contributed by atoms with van der Waals surface area (Å²) in [6, 6.07) is -0.473. The predicted octanol–water partition coefficient (Wildman–Crippen LogP) is -2.05. The third kappa shape index (κ3) is 3.49. The molecule has 6 nitrogen and oxygen atoms in total. The van der Waals surface area contributed by atoms with E-state index in [-0.39, 0.29) is 30.7 Å². The van der Waals surface area contributed by atoms with E-state index in [2.05, 4.69) is 10.6 Å². The minimum atomic E-state index is -0.659. The second-order valence-corrected chi connectivity index (χ2v) is 3.85. The molecule has 1 heterocycles. The standard InChI is InChI=1S/C9H17N3O3/c1-5(13)7(10)4-12-9(15)6-2-8(14)11-3-6/h5-7,13H,2-4,10H2,1H3,(H,11,14)(H,12,15). The van der Waals surface area contributed by atoms with Crippen molar-refractivity contribution in [2.45, 2.75) is 25.5 Å². The molecule has 0 aromatic rings. The highest BCUT2D eigenvalue weighted by atomic mass is 16.3. The second-order valence-electron chi connectivity index (χ2n) is 3.85. The van der Waals surface area contributed by atoms with Gasteiger partial charge in [-0.05, 0) is 6.92 Å². The molecule has 0 saturated carbocycles. The Kier molecular flexibility index (Phi) is 4.05. The number of carbonyl (C=O) groups excluding carboxylic acids is 2. The lowest BCUT2D eigenvalue weighted by atomic mass is 10.1. The highest BCUT2D eigenvalue weighted by Crippen LogP contribution is 2.08. The lowest BCUT2D eigenvalue weighted by Gasteiger charge is -2.16. The molecule has 1 aliphatic rings. The number of carbonyl (C=O) groups is 2. The lowest BCUT2D eigenvalue weighted by molar-refractivity contribution is -0.126. The van der Waals surface area contributed by atoms with E-state index >= 15 is 0 Å². The van der Waals surface area contributed by atoms with Gasteiger partial charge in [-0.2, -0.15) is 0 Å². The fourth-order valence-electron chi connectivity index (χ4n) is 1.32. The zero-order valence-electron chi connectivity index (χ0n) is 8.69. The summed E-state index contributed by atoms with van der Waals surface area (Å²) in [4.78, 5) is 22.3. The molecule has 3 unspecified atom stereocenters. The molecule has 86 valence electrons. The van der Waals surface area contributed by atoms with Crippen molar-refractivity contribution in [2.75, 3.05) is 13.1 Å². The third-order valence-corrected chi connectivity index (χ3v) is 2.48. The van der Waals surface area contributed by atoms with Crippen molar-refractivity contribution in [3.8, 4) is 0 Å². The van der Waals surface area contributed by atoms with Crippen LogP contribution in [0.25, 0.3) is 0 Å². The first-order valence-corrected chi connectivity index (χ1v) is 4.98. The maximum atomic E-state index is 11.5. The SMILES string of the molecule is CC(O)C(N)CNC(=O)C1CNC(=O)C1. The van der Waals surface area contributed by atoms with Gasteiger partial charge < -0.3 is 21.5 Å². The molecule has 0 aliphatic carbocycles. The van der Waals surface area contributed by atoms with E-state index in [1.165, 1.54) is 0 Å². The van der Waals surface area contributed by atoms with Crippen LogP contribution in [0.1, 0.15) is 13.3 Å². The van der Waals surface area contributed by atoms with Crippen molar-refractivity contribution in [3.63, 3.8) is 0 Å². The largest absolute Gasteiger partial charge is 0.392 e. The lowest BCUT2D eigenvalue weighted by Crippen LogP contribution is -2.45. The summed E-state index contributed by atoms with van der Waals surface area (Å²) in [6.45, 7) is 2.17. The molecule has 0 spiro atoms. The first-order valence-electron chi connectivity index (χ1n) is 4.98. The Morgan fingerprint density at radius 3 is 2.93 bits per heavy atom. The summed E-state index contributed by atoms with van der Waals surface area (Å²) in [5.41, 5.74) is 5.54. The summed E-state index contributed by atoms with van der Waals surface area (Å²) >= 11 is 0. The molecule has 15 heavy (non-hydrogen) atoms. The predicted molar refractivity (Wildman–Crippen MR) is 53.8 cm³/mol. The average molecular weight is 215 g/mol. The van der Waals surface area contributed by atoms with E-state index in [1.807, 2.05) is 0 Å². The molecule has 3 atom stereocenters. The van der Waals surface area contributed by atoms with Gasteiger partial charge in [0.25, 0.3) is 0 Å². The molecular formula is C9H17N3O3. The van der Waals surface area contributed by atoms with Crippen molar-refractivity contribution < 1.29 is 14.7 Å². The minimum Gasteiger partial charge on any atom is -0.392 e. The minimum absolute atomic E-state index is 0.102. The first kappa shape index (κ1) is 11.9. The van der Waals surface area contributed by atoms with E-state index in [9.17, 15) is 9.59 Å². The fourth-order valence-corrected chi connectivity index (χ4v) is 1.32. The van der Waals surface area contributed by atoms with Gasteiger partial charge in [0, 0.05) is 25.6 Å². The maximum absolute atomic E-state index is 11.5. The zero-order chi connectivity index (χ0) is 11.4. The number of nitrogens with one attached hydrogen (secondary N) is 2. The van der Waals surface area contributed by atoms with Crippen LogP contribution in [0, 0.1) is 5.92 Å². The zero-order valence-corrected chi connectivity index (χ0v) is 8.69. The summed E-state index contributed by atoms with van der Waals surface area (Å²) < 4.78 is 0. The summed E-state index contributed by atoms with van der Waals surface area (Å²) in [5, 5.41) is 14.3. The van der Waals surface area contributed by atoms with Crippen LogP contribution in [-0.2, 0) is 9.59 Å². The highest BCUT2D eigenvalue weighted by Gasteiger charge is 2.27. The number of rotatable bonds is 4. The van der Waals surface area contributed by atoms with E-state index < -0.39 is 12.1 Å². The molecule has 2 amide bonds. The molecule has 0 aromatic heterocycles. The van der Waals surface area contributed by atoms with Gasteiger partial charge >= 0.3 is 0 Å². The van der Waals surface area contributed by atoms with Crippen molar-refractivity contribution in [3.05, 3.63) is 0 Å². The van der Waals surface area contributed by atoms with E-state index in [1.54, 1.807) is 6.92 Å². The number of nitrogens with two attached hydrogens (primary N) is 1. The van der Waals surface area contributed by atoms with Crippen LogP contribution in [0.2, 0.25) is 0 Å². The molecule has 5 N–H and O–H groups in total. The quantitative estimate of drug-likeness (QED) is 0.433. The van der Waals surface area contributed by atoms with Crippen LogP contribution >= 0.6 is 0 Å². The van der Waals surface area contributed by atoms with Crippen molar-refractivity contribution in [2.24, 2.45) is 11.7 Å². The molecule has 0 aromatic carbocycles. The Bertz CT molecular complexity index is 255. The monoisotopic (exact) mass is 215 g/mol. The summed E-state index contributed by atoms with van der Waals surface area (Å²) in [5.74, 6) is -0.599. The van der Waals surface area contributed by atoms with Crippen molar-refractivity contribution >= 4 is 11.8 Å². The second kappa shape index (κ2) is 5.09. The van der Waals surface area contributed by atoms with E-state index in [4.69, 9.17) is 10.8 Å². The van der Waals surface area contributed by atoms with Crippen molar-refractivity contribution in [1.82, 2.24) is 10.6 Å². The summed E-state index contributed by atoms with van der Waals surface area (Å²) in [6.07, 6.45) is -0.427. The van der Waals surface area contributed by atoms with Gasteiger partial charge in [-0.1, -0.05) is 0 Å². The Morgan fingerprint density at radius 1 is 1.80 bits per heavy atom.